The zero-order chi connectivity index (χ0) is 17.6. The van der Waals surface area contributed by atoms with Gasteiger partial charge in [-0.05, 0) is 6.07 Å². The predicted molar refractivity (Wildman–Crippen MR) is 81.8 cm³/mol. The second-order valence-electron chi connectivity index (χ2n) is 4.62. The van der Waals surface area contributed by atoms with Crippen molar-refractivity contribution in [2.45, 2.75) is 6.42 Å². The minimum atomic E-state index is -1.21. The van der Waals surface area contributed by atoms with Crippen LogP contribution in [0.25, 0.3) is 0 Å². The molecule has 0 heterocycles. The number of hydrogen-bond donors (Lipinski definition) is 0. The molecule has 0 aliphatic heterocycles. The highest BCUT2D eigenvalue weighted by molar-refractivity contribution is 5.70. The summed E-state index contributed by atoms with van der Waals surface area (Å²) in [7, 11) is 3.14. The van der Waals surface area contributed by atoms with Crippen molar-refractivity contribution in [2.24, 2.45) is 0 Å². The molecular formula is C16H23O8-. The molecule has 8 nitrogen and oxygen atoms in total. The summed E-state index contributed by atoms with van der Waals surface area (Å²) >= 11 is 0. The van der Waals surface area contributed by atoms with E-state index in [-0.39, 0.29) is 25.8 Å². The maximum absolute atomic E-state index is 10.9. The Morgan fingerprint density at radius 2 is 1.58 bits per heavy atom. The van der Waals surface area contributed by atoms with E-state index < -0.39 is 5.97 Å². The van der Waals surface area contributed by atoms with Gasteiger partial charge >= 0.3 is 0 Å². The zero-order valence-electron chi connectivity index (χ0n) is 13.9. The van der Waals surface area contributed by atoms with E-state index >= 15 is 0 Å². The van der Waals surface area contributed by atoms with Crippen LogP contribution in [-0.4, -0.2) is 60.2 Å². The minimum absolute atomic E-state index is 0.0149. The van der Waals surface area contributed by atoms with Gasteiger partial charge < -0.3 is 38.3 Å². The molecule has 0 bridgehead atoms. The lowest BCUT2D eigenvalue weighted by Crippen LogP contribution is -2.24. The van der Waals surface area contributed by atoms with Crippen molar-refractivity contribution >= 4 is 5.97 Å². The van der Waals surface area contributed by atoms with Crippen LogP contribution < -0.4 is 14.6 Å². The van der Waals surface area contributed by atoms with Crippen LogP contribution in [0.2, 0.25) is 0 Å². The van der Waals surface area contributed by atoms with Crippen molar-refractivity contribution in [3.8, 4) is 11.5 Å². The summed E-state index contributed by atoms with van der Waals surface area (Å²) in [6, 6.07) is 4.95. The van der Waals surface area contributed by atoms with Gasteiger partial charge in [0, 0.05) is 32.2 Å². The molecule has 136 valence electrons. The molecular weight excluding hydrogens is 320 g/mol. The fraction of sp³-hybridized carbons (Fsp3) is 0.562. The highest BCUT2D eigenvalue weighted by atomic mass is 16.7. The molecule has 0 radical (unpaired) electrons. The number of rotatable bonds is 14. The molecule has 0 fully saturated rings. The third-order valence-electron chi connectivity index (χ3n) is 2.84. The summed E-state index contributed by atoms with van der Waals surface area (Å²) in [5, 5.41) is 10.9. The van der Waals surface area contributed by atoms with Gasteiger partial charge in [0.15, 0.2) is 25.1 Å². The van der Waals surface area contributed by atoms with Gasteiger partial charge in [0.25, 0.3) is 0 Å². The molecule has 1 rings (SSSR count). The molecule has 0 N–H and O–H groups in total. The Kier molecular flexibility index (Phi) is 10.5. The maximum Gasteiger partial charge on any atom is 0.189 e. The number of carbonyl (C=O) groups excluding carboxylic acids is 1. The molecule has 0 aliphatic rings. The van der Waals surface area contributed by atoms with E-state index in [9.17, 15) is 9.90 Å². The SMILES string of the molecule is COCCOCOc1cccc(CC(=O)[O-])c1OCOCCOC. The fourth-order valence-corrected chi connectivity index (χ4v) is 1.74. The van der Waals surface area contributed by atoms with E-state index in [1.165, 1.54) is 0 Å². The third-order valence-corrected chi connectivity index (χ3v) is 2.84. The first-order valence-corrected chi connectivity index (χ1v) is 7.39. The lowest BCUT2D eigenvalue weighted by atomic mass is 10.1. The summed E-state index contributed by atoms with van der Waals surface area (Å²) in [6.45, 7) is 1.54. The fourth-order valence-electron chi connectivity index (χ4n) is 1.74. The third kappa shape index (κ3) is 8.11. The van der Waals surface area contributed by atoms with Crippen molar-refractivity contribution in [3.05, 3.63) is 23.8 Å². The van der Waals surface area contributed by atoms with E-state index in [0.717, 1.165) is 0 Å². The number of benzene rings is 1. The normalized spacial score (nSPS) is 10.6. The summed E-state index contributed by atoms with van der Waals surface area (Å²) in [5.41, 5.74) is 0.430. The number of carboxylic acid groups (broad SMARTS) is 1. The largest absolute Gasteiger partial charge is 0.550 e. The predicted octanol–water partition coefficient (Wildman–Crippen LogP) is -0.0224. The number of carboxylic acids is 1. The molecule has 0 atom stereocenters. The first-order chi connectivity index (χ1) is 11.7. The topological polar surface area (TPSA) is 95.5 Å². The van der Waals surface area contributed by atoms with Crippen molar-refractivity contribution in [1.29, 1.82) is 0 Å². The standard InChI is InChI=1S/C16H24O8/c1-19-6-8-21-11-23-14-5-3-4-13(10-15(17)18)16(14)24-12-22-9-7-20-2/h3-5H,6-12H2,1-2H3,(H,17,18)/p-1. The minimum Gasteiger partial charge on any atom is -0.550 e. The number of hydrogen-bond acceptors (Lipinski definition) is 8. The monoisotopic (exact) mass is 343 g/mol. The average Bonchev–Trinajstić information content (AvgIpc) is 2.55. The number of methoxy groups -OCH3 is 2. The maximum atomic E-state index is 10.9. The Hall–Kier alpha value is -1.87. The van der Waals surface area contributed by atoms with Gasteiger partial charge in [-0.15, -0.1) is 0 Å². The van der Waals surface area contributed by atoms with Gasteiger partial charge in [-0.2, -0.15) is 0 Å². The quantitative estimate of drug-likeness (QED) is 0.343. The second-order valence-corrected chi connectivity index (χ2v) is 4.62. The summed E-state index contributed by atoms with van der Waals surface area (Å²) in [4.78, 5) is 10.9. The van der Waals surface area contributed by atoms with Gasteiger partial charge in [0.2, 0.25) is 0 Å². The summed E-state index contributed by atoms with van der Waals surface area (Å²) in [5.74, 6) is -0.565. The van der Waals surface area contributed by atoms with Crippen molar-refractivity contribution < 1.29 is 38.3 Å². The lowest BCUT2D eigenvalue weighted by Gasteiger charge is -2.17. The van der Waals surface area contributed by atoms with Crippen LogP contribution >= 0.6 is 0 Å². The van der Waals surface area contributed by atoms with Crippen LogP contribution in [0.1, 0.15) is 5.56 Å². The van der Waals surface area contributed by atoms with Gasteiger partial charge in [-0.1, -0.05) is 12.1 Å². The van der Waals surface area contributed by atoms with Crippen LogP contribution in [0.3, 0.4) is 0 Å². The van der Waals surface area contributed by atoms with Crippen molar-refractivity contribution in [1.82, 2.24) is 0 Å². The molecule has 1 aromatic carbocycles. The Labute approximate surface area is 141 Å². The Balaban J connectivity index is 2.66. The Morgan fingerprint density at radius 1 is 0.958 bits per heavy atom. The molecule has 0 aromatic heterocycles. The van der Waals surface area contributed by atoms with E-state index in [1.807, 2.05) is 0 Å². The lowest BCUT2D eigenvalue weighted by molar-refractivity contribution is -0.304. The van der Waals surface area contributed by atoms with Gasteiger partial charge in [0.05, 0.1) is 26.4 Å². The molecule has 0 aliphatic carbocycles. The average molecular weight is 343 g/mol. The molecule has 0 unspecified atom stereocenters. The summed E-state index contributed by atoms with van der Waals surface area (Å²) in [6.07, 6.45) is -0.296. The van der Waals surface area contributed by atoms with Crippen molar-refractivity contribution in [3.63, 3.8) is 0 Å². The highest BCUT2D eigenvalue weighted by Gasteiger charge is 2.12. The van der Waals surface area contributed by atoms with Crippen LogP contribution in [0.15, 0.2) is 18.2 Å². The first kappa shape index (κ1) is 20.2. The Morgan fingerprint density at radius 3 is 2.17 bits per heavy atom. The van der Waals surface area contributed by atoms with Crippen molar-refractivity contribution in [2.75, 3.05) is 54.2 Å². The number of ether oxygens (including phenoxy) is 6. The van der Waals surface area contributed by atoms with Gasteiger partial charge in [0.1, 0.15) is 0 Å². The van der Waals surface area contributed by atoms with Gasteiger partial charge in [-0.3, -0.25) is 0 Å². The zero-order valence-corrected chi connectivity index (χ0v) is 13.9. The number of aliphatic carboxylic acids is 1. The van der Waals surface area contributed by atoms with Crippen LogP contribution in [0, 0.1) is 0 Å². The number of carbonyl (C=O) groups is 1. The summed E-state index contributed by atoms with van der Waals surface area (Å²) < 4.78 is 31.2. The first-order valence-electron chi connectivity index (χ1n) is 7.39. The molecule has 0 spiro atoms. The smallest absolute Gasteiger partial charge is 0.189 e. The highest BCUT2D eigenvalue weighted by Crippen LogP contribution is 2.31. The van der Waals surface area contributed by atoms with E-state index in [1.54, 1.807) is 32.4 Å². The van der Waals surface area contributed by atoms with Crippen LogP contribution in [0.4, 0.5) is 0 Å². The van der Waals surface area contributed by atoms with E-state index in [4.69, 9.17) is 28.4 Å². The molecule has 0 saturated carbocycles. The Bertz CT molecular complexity index is 477. The molecule has 0 amide bonds. The van der Waals surface area contributed by atoms with Gasteiger partial charge in [-0.25, -0.2) is 0 Å². The number of para-hydroxylation sites is 1. The van der Waals surface area contributed by atoms with Crippen LogP contribution in [-0.2, 0) is 30.2 Å². The molecule has 1 aromatic rings. The molecule has 8 heteroatoms. The van der Waals surface area contributed by atoms with Crippen LogP contribution in [0.5, 0.6) is 11.5 Å². The molecule has 0 saturated heterocycles. The van der Waals surface area contributed by atoms with E-state index in [2.05, 4.69) is 0 Å². The molecule has 24 heavy (non-hydrogen) atoms. The second kappa shape index (κ2) is 12.5. The van der Waals surface area contributed by atoms with E-state index in [0.29, 0.717) is 37.7 Å².